The van der Waals surface area contributed by atoms with Gasteiger partial charge in [-0.25, -0.2) is 4.68 Å². The fourth-order valence-electron chi connectivity index (χ4n) is 3.18. The van der Waals surface area contributed by atoms with Crippen molar-refractivity contribution >= 4 is 0 Å². The Balaban J connectivity index is 1.57. The SMILES string of the molecule is CN(Cc1ccc(-n2cccn2)cc1)CC1CCCC1O. The second kappa shape index (κ2) is 6.41. The van der Waals surface area contributed by atoms with Crippen molar-refractivity contribution in [3.05, 3.63) is 48.3 Å². The van der Waals surface area contributed by atoms with E-state index in [0.29, 0.717) is 5.92 Å². The van der Waals surface area contributed by atoms with Gasteiger partial charge in [-0.1, -0.05) is 18.6 Å². The predicted octanol–water partition coefficient (Wildman–Crippen LogP) is 2.47. The van der Waals surface area contributed by atoms with E-state index < -0.39 is 0 Å². The Morgan fingerprint density at radius 2 is 2.10 bits per heavy atom. The topological polar surface area (TPSA) is 41.3 Å². The van der Waals surface area contributed by atoms with E-state index in [2.05, 4.69) is 41.3 Å². The molecule has 0 saturated heterocycles. The van der Waals surface area contributed by atoms with Crippen LogP contribution in [0.3, 0.4) is 0 Å². The Kier molecular flexibility index (Phi) is 4.36. The highest BCUT2D eigenvalue weighted by Crippen LogP contribution is 2.26. The van der Waals surface area contributed by atoms with Crippen LogP contribution in [0, 0.1) is 5.92 Å². The first-order chi connectivity index (χ1) is 10.2. The van der Waals surface area contributed by atoms with Crippen molar-refractivity contribution in [2.24, 2.45) is 5.92 Å². The maximum Gasteiger partial charge on any atom is 0.0645 e. The van der Waals surface area contributed by atoms with Crippen LogP contribution in [-0.2, 0) is 6.54 Å². The Labute approximate surface area is 126 Å². The molecular formula is C17H23N3O. The molecule has 0 amide bonds. The molecule has 0 aliphatic heterocycles. The fourth-order valence-corrected chi connectivity index (χ4v) is 3.18. The van der Waals surface area contributed by atoms with Gasteiger partial charge in [0.1, 0.15) is 0 Å². The summed E-state index contributed by atoms with van der Waals surface area (Å²) in [4.78, 5) is 2.31. The minimum Gasteiger partial charge on any atom is -0.393 e. The largest absolute Gasteiger partial charge is 0.393 e. The Hall–Kier alpha value is -1.65. The van der Waals surface area contributed by atoms with Crippen molar-refractivity contribution in [1.29, 1.82) is 0 Å². The number of aliphatic hydroxyl groups is 1. The number of aliphatic hydroxyl groups excluding tert-OH is 1. The Morgan fingerprint density at radius 1 is 1.29 bits per heavy atom. The highest BCUT2D eigenvalue weighted by molar-refractivity contribution is 5.33. The Bertz CT molecular complexity index is 550. The highest BCUT2D eigenvalue weighted by Gasteiger charge is 2.25. The molecule has 0 bridgehead atoms. The quantitative estimate of drug-likeness (QED) is 0.917. The lowest BCUT2D eigenvalue weighted by Gasteiger charge is -2.23. The summed E-state index contributed by atoms with van der Waals surface area (Å²) in [6, 6.07) is 10.4. The number of hydrogen-bond acceptors (Lipinski definition) is 3. The molecule has 112 valence electrons. The molecule has 1 saturated carbocycles. The van der Waals surface area contributed by atoms with Gasteiger partial charge < -0.3 is 10.0 Å². The molecule has 1 aromatic heterocycles. The average Bonchev–Trinajstić information content (AvgIpc) is 3.12. The second-order valence-corrected chi connectivity index (χ2v) is 6.07. The summed E-state index contributed by atoms with van der Waals surface area (Å²) >= 11 is 0. The van der Waals surface area contributed by atoms with Crippen LogP contribution in [0.15, 0.2) is 42.7 Å². The van der Waals surface area contributed by atoms with Crippen LogP contribution in [-0.4, -0.2) is 39.5 Å². The smallest absolute Gasteiger partial charge is 0.0645 e. The predicted molar refractivity (Wildman–Crippen MR) is 83.2 cm³/mol. The molecule has 0 spiro atoms. The van der Waals surface area contributed by atoms with E-state index in [-0.39, 0.29) is 6.10 Å². The lowest BCUT2D eigenvalue weighted by Crippen LogP contribution is -2.29. The number of hydrogen-bond donors (Lipinski definition) is 1. The molecule has 1 N–H and O–H groups in total. The lowest BCUT2D eigenvalue weighted by molar-refractivity contribution is 0.108. The van der Waals surface area contributed by atoms with Gasteiger partial charge in [0.15, 0.2) is 0 Å². The normalized spacial score (nSPS) is 22.0. The standard InChI is InChI=1S/C17H23N3O/c1-19(13-15-4-2-5-17(15)21)12-14-6-8-16(9-7-14)20-11-3-10-18-20/h3,6-11,15,17,21H,2,4-5,12-13H2,1H3. The number of rotatable bonds is 5. The van der Waals surface area contributed by atoms with Crippen molar-refractivity contribution < 1.29 is 5.11 Å². The molecule has 1 fully saturated rings. The molecule has 1 heterocycles. The van der Waals surface area contributed by atoms with Crippen LogP contribution in [0.4, 0.5) is 0 Å². The summed E-state index contributed by atoms with van der Waals surface area (Å²) in [5.74, 6) is 0.443. The lowest BCUT2D eigenvalue weighted by atomic mass is 10.1. The van der Waals surface area contributed by atoms with Gasteiger partial charge >= 0.3 is 0 Å². The van der Waals surface area contributed by atoms with E-state index in [1.165, 1.54) is 5.56 Å². The number of aromatic nitrogens is 2. The van der Waals surface area contributed by atoms with Gasteiger partial charge in [-0.2, -0.15) is 5.10 Å². The van der Waals surface area contributed by atoms with E-state index in [9.17, 15) is 5.11 Å². The molecule has 21 heavy (non-hydrogen) atoms. The molecule has 1 aromatic carbocycles. The van der Waals surface area contributed by atoms with E-state index in [0.717, 1.165) is 38.0 Å². The maximum absolute atomic E-state index is 9.91. The van der Waals surface area contributed by atoms with Crippen LogP contribution in [0.1, 0.15) is 24.8 Å². The van der Waals surface area contributed by atoms with Gasteiger partial charge in [-0.15, -0.1) is 0 Å². The second-order valence-electron chi connectivity index (χ2n) is 6.07. The summed E-state index contributed by atoms with van der Waals surface area (Å²) in [5, 5.41) is 14.1. The molecule has 3 rings (SSSR count). The van der Waals surface area contributed by atoms with Crippen LogP contribution in [0.2, 0.25) is 0 Å². The zero-order valence-corrected chi connectivity index (χ0v) is 12.5. The highest BCUT2D eigenvalue weighted by atomic mass is 16.3. The molecule has 4 heteroatoms. The van der Waals surface area contributed by atoms with Crippen molar-refractivity contribution in [3.63, 3.8) is 0 Å². The van der Waals surface area contributed by atoms with Crippen molar-refractivity contribution in [2.75, 3.05) is 13.6 Å². The summed E-state index contributed by atoms with van der Waals surface area (Å²) in [7, 11) is 2.13. The van der Waals surface area contributed by atoms with Gasteiger partial charge in [-0.3, -0.25) is 0 Å². The third-order valence-electron chi connectivity index (χ3n) is 4.32. The minimum atomic E-state index is -0.102. The van der Waals surface area contributed by atoms with Crippen molar-refractivity contribution in [2.45, 2.75) is 31.9 Å². The first kappa shape index (κ1) is 14.3. The van der Waals surface area contributed by atoms with Crippen LogP contribution in [0.5, 0.6) is 0 Å². The van der Waals surface area contributed by atoms with Gasteiger partial charge in [0.05, 0.1) is 11.8 Å². The molecule has 1 aliphatic carbocycles. The average molecular weight is 285 g/mol. The first-order valence-electron chi connectivity index (χ1n) is 7.68. The summed E-state index contributed by atoms with van der Waals surface area (Å²) in [5.41, 5.74) is 2.37. The minimum absolute atomic E-state index is 0.102. The number of benzene rings is 1. The van der Waals surface area contributed by atoms with Gasteiger partial charge in [0, 0.05) is 25.5 Å². The molecule has 2 aromatic rings. The van der Waals surface area contributed by atoms with E-state index >= 15 is 0 Å². The van der Waals surface area contributed by atoms with Gasteiger partial charge in [-0.05, 0) is 49.6 Å². The molecule has 2 unspecified atom stereocenters. The van der Waals surface area contributed by atoms with Crippen LogP contribution >= 0.6 is 0 Å². The monoisotopic (exact) mass is 285 g/mol. The Morgan fingerprint density at radius 3 is 2.71 bits per heavy atom. The third-order valence-corrected chi connectivity index (χ3v) is 4.32. The molecule has 0 radical (unpaired) electrons. The molecule has 2 atom stereocenters. The molecule has 4 nitrogen and oxygen atoms in total. The van der Waals surface area contributed by atoms with E-state index in [1.807, 2.05) is 16.9 Å². The molecular weight excluding hydrogens is 262 g/mol. The van der Waals surface area contributed by atoms with Crippen LogP contribution < -0.4 is 0 Å². The van der Waals surface area contributed by atoms with Crippen molar-refractivity contribution in [3.8, 4) is 5.69 Å². The van der Waals surface area contributed by atoms with Crippen molar-refractivity contribution in [1.82, 2.24) is 14.7 Å². The van der Waals surface area contributed by atoms with E-state index in [1.54, 1.807) is 6.20 Å². The zero-order chi connectivity index (χ0) is 14.7. The summed E-state index contributed by atoms with van der Waals surface area (Å²) in [6.45, 7) is 1.89. The fraction of sp³-hybridized carbons (Fsp3) is 0.471. The number of nitrogens with zero attached hydrogens (tertiary/aromatic N) is 3. The zero-order valence-electron chi connectivity index (χ0n) is 12.5. The summed E-state index contributed by atoms with van der Waals surface area (Å²) < 4.78 is 1.86. The first-order valence-corrected chi connectivity index (χ1v) is 7.68. The maximum atomic E-state index is 9.91. The molecule has 1 aliphatic rings. The van der Waals surface area contributed by atoms with Gasteiger partial charge in [0.2, 0.25) is 0 Å². The van der Waals surface area contributed by atoms with Gasteiger partial charge in [0.25, 0.3) is 0 Å². The van der Waals surface area contributed by atoms with E-state index in [4.69, 9.17) is 0 Å². The van der Waals surface area contributed by atoms with Crippen LogP contribution in [0.25, 0.3) is 5.69 Å². The third kappa shape index (κ3) is 3.52. The summed E-state index contributed by atoms with van der Waals surface area (Å²) in [6.07, 6.45) is 6.92.